The van der Waals surface area contributed by atoms with Gasteiger partial charge in [0.1, 0.15) is 23.2 Å². The SMILES string of the molecule is CCCn1c(C)nnc1-c1cccc(N2Cc3c(cc(N(CC)CC)nc3CN)C2=O)n1. The molecule has 0 atom stereocenters. The smallest absolute Gasteiger partial charge is 0.260 e. The van der Waals surface area contributed by atoms with Gasteiger partial charge in [-0.15, -0.1) is 10.2 Å². The van der Waals surface area contributed by atoms with Crippen molar-refractivity contribution in [1.29, 1.82) is 0 Å². The Labute approximate surface area is 188 Å². The molecule has 168 valence electrons. The van der Waals surface area contributed by atoms with Crippen LogP contribution in [0.1, 0.15) is 54.6 Å². The molecule has 0 spiro atoms. The van der Waals surface area contributed by atoms with Gasteiger partial charge in [-0.3, -0.25) is 9.69 Å². The van der Waals surface area contributed by atoms with E-state index < -0.39 is 0 Å². The Balaban J connectivity index is 1.71. The first-order chi connectivity index (χ1) is 15.5. The lowest BCUT2D eigenvalue weighted by molar-refractivity contribution is 0.0996. The molecule has 32 heavy (non-hydrogen) atoms. The van der Waals surface area contributed by atoms with Crippen LogP contribution in [-0.2, 0) is 19.6 Å². The summed E-state index contributed by atoms with van der Waals surface area (Å²) in [5.74, 6) is 2.85. The van der Waals surface area contributed by atoms with Crippen LogP contribution in [0.5, 0.6) is 0 Å². The van der Waals surface area contributed by atoms with Gasteiger partial charge in [0.25, 0.3) is 5.91 Å². The topological polar surface area (TPSA) is 106 Å². The predicted octanol–water partition coefficient (Wildman–Crippen LogP) is 2.92. The maximum Gasteiger partial charge on any atom is 0.260 e. The van der Waals surface area contributed by atoms with E-state index >= 15 is 0 Å². The number of carbonyl (C=O) groups is 1. The second kappa shape index (κ2) is 9.04. The number of anilines is 2. The molecule has 1 aliphatic heterocycles. The molecule has 4 heterocycles. The third-order valence-electron chi connectivity index (χ3n) is 5.89. The molecule has 0 radical (unpaired) electrons. The van der Waals surface area contributed by atoms with Crippen molar-refractivity contribution in [2.24, 2.45) is 5.73 Å². The van der Waals surface area contributed by atoms with Crippen LogP contribution in [0.3, 0.4) is 0 Å². The third-order valence-corrected chi connectivity index (χ3v) is 5.89. The fraction of sp³-hybridized carbons (Fsp3) is 0.435. The molecule has 0 saturated carbocycles. The molecule has 3 aromatic rings. The van der Waals surface area contributed by atoms with Crippen molar-refractivity contribution < 1.29 is 4.79 Å². The molecule has 1 amide bonds. The number of nitrogens with two attached hydrogens (primary N) is 1. The Bertz CT molecular complexity index is 1140. The molecule has 9 heteroatoms. The van der Waals surface area contributed by atoms with Gasteiger partial charge in [-0.05, 0) is 45.4 Å². The molecule has 0 aliphatic carbocycles. The van der Waals surface area contributed by atoms with Crippen molar-refractivity contribution in [3.8, 4) is 11.5 Å². The number of pyridine rings is 2. The Morgan fingerprint density at radius 2 is 1.91 bits per heavy atom. The Morgan fingerprint density at radius 3 is 2.59 bits per heavy atom. The summed E-state index contributed by atoms with van der Waals surface area (Å²) in [7, 11) is 0. The van der Waals surface area contributed by atoms with E-state index in [0.717, 1.165) is 49.0 Å². The van der Waals surface area contributed by atoms with Gasteiger partial charge in [0, 0.05) is 31.7 Å². The molecule has 9 nitrogen and oxygen atoms in total. The van der Waals surface area contributed by atoms with E-state index in [9.17, 15) is 4.79 Å². The maximum atomic E-state index is 13.4. The zero-order chi connectivity index (χ0) is 22.8. The average molecular weight is 435 g/mol. The summed E-state index contributed by atoms with van der Waals surface area (Å²) in [4.78, 5) is 26.7. The molecular formula is C23H30N8O. The first-order valence-electron chi connectivity index (χ1n) is 11.2. The summed E-state index contributed by atoms with van der Waals surface area (Å²) in [6.45, 7) is 11.3. The quantitative estimate of drug-likeness (QED) is 0.581. The number of hydrogen-bond acceptors (Lipinski definition) is 7. The van der Waals surface area contributed by atoms with Crippen LogP contribution in [0.25, 0.3) is 11.5 Å². The molecule has 3 aromatic heterocycles. The number of aromatic nitrogens is 5. The first kappa shape index (κ1) is 21.9. The monoisotopic (exact) mass is 434 g/mol. The van der Waals surface area contributed by atoms with E-state index in [1.807, 2.05) is 31.2 Å². The molecule has 2 N–H and O–H groups in total. The number of rotatable bonds is 8. The van der Waals surface area contributed by atoms with E-state index in [2.05, 4.69) is 40.4 Å². The van der Waals surface area contributed by atoms with Gasteiger partial charge in [0.05, 0.1) is 17.8 Å². The minimum atomic E-state index is -0.0821. The van der Waals surface area contributed by atoms with E-state index in [0.29, 0.717) is 29.4 Å². The number of carbonyl (C=O) groups excluding carboxylic acids is 1. The highest BCUT2D eigenvalue weighted by Gasteiger charge is 2.33. The van der Waals surface area contributed by atoms with Crippen LogP contribution in [0.4, 0.5) is 11.6 Å². The minimum absolute atomic E-state index is 0.0821. The molecule has 0 bridgehead atoms. The van der Waals surface area contributed by atoms with Crippen LogP contribution in [-0.4, -0.2) is 43.7 Å². The molecule has 0 saturated heterocycles. The zero-order valence-corrected chi connectivity index (χ0v) is 19.2. The van der Waals surface area contributed by atoms with E-state index in [-0.39, 0.29) is 12.5 Å². The Morgan fingerprint density at radius 1 is 1.12 bits per heavy atom. The summed E-state index contributed by atoms with van der Waals surface area (Å²) >= 11 is 0. The van der Waals surface area contributed by atoms with Gasteiger partial charge in [-0.25, -0.2) is 9.97 Å². The van der Waals surface area contributed by atoms with Gasteiger partial charge in [-0.2, -0.15) is 0 Å². The summed E-state index contributed by atoms with van der Waals surface area (Å²) < 4.78 is 2.06. The van der Waals surface area contributed by atoms with Crippen LogP contribution >= 0.6 is 0 Å². The highest BCUT2D eigenvalue weighted by Crippen LogP contribution is 2.32. The lowest BCUT2D eigenvalue weighted by Gasteiger charge is -2.21. The van der Waals surface area contributed by atoms with Crippen LogP contribution in [0, 0.1) is 6.92 Å². The van der Waals surface area contributed by atoms with Gasteiger partial charge in [0.15, 0.2) is 5.82 Å². The molecule has 0 fully saturated rings. The second-order valence-corrected chi connectivity index (χ2v) is 7.82. The number of amides is 1. The second-order valence-electron chi connectivity index (χ2n) is 7.82. The normalized spacial score (nSPS) is 13.0. The van der Waals surface area contributed by atoms with Crippen molar-refractivity contribution >= 4 is 17.5 Å². The largest absolute Gasteiger partial charge is 0.357 e. The molecule has 1 aliphatic rings. The van der Waals surface area contributed by atoms with Gasteiger partial charge in [0.2, 0.25) is 0 Å². The average Bonchev–Trinajstić information content (AvgIpc) is 3.34. The van der Waals surface area contributed by atoms with Crippen molar-refractivity contribution in [2.75, 3.05) is 22.9 Å². The highest BCUT2D eigenvalue weighted by molar-refractivity contribution is 6.10. The van der Waals surface area contributed by atoms with Crippen molar-refractivity contribution in [3.63, 3.8) is 0 Å². The van der Waals surface area contributed by atoms with Crippen LogP contribution < -0.4 is 15.5 Å². The summed E-state index contributed by atoms with van der Waals surface area (Å²) in [6, 6.07) is 7.53. The summed E-state index contributed by atoms with van der Waals surface area (Å²) in [5, 5.41) is 8.54. The number of fused-ring (bicyclic) bond motifs is 1. The third kappa shape index (κ3) is 3.73. The summed E-state index contributed by atoms with van der Waals surface area (Å²) in [5.41, 5.74) is 8.99. The Kier molecular flexibility index (Phi) is 6.18. The zero-order valence-electron chi connectivity index (χ0n) is 19.2. The van der Waals surface area contributed by atoms with E-state index in [4.69, 9.17) is 15.7 Å². The fourth-order valence-corrected chi connectivity index (χ4v) is 4.18. The molecular weight excluding hydrogens is 404 g/mol. The van der Waals surface area contributed by atoms with Gasteiger partial charge < -0.3 is 15.2 Å². The molecule has 4 rings (SSSR count). The first-order valence-corrected chi connectivity index (χ1v) is 11.2. The number of aryl methyl sites for hydroxylation is 1. The highest BCUT2D eigenvalue weighted by atomic mass is 16.2. The molecule has 0 unspecified atom stereocenters. The van der Waals surface area contributed by atoms with Crippen LogP contribution in [0.2, 0.25) is 0 Å². The number of hydrogen-bond donors (Lipinski definition) is 1. The fourth-order valence-electron chi connectivity index (χ4n) is 4.18. The minimum Gasteiger partial charge on any atom is -0.357 e. The Hall–Kier alpha value is -3.33. The lowest BCUT2D eigenvalue weighted by Crippen LogP contribution is -2.25. The van der Waals surface area contributed by atoms with Crippen molar-refractivity contribution in [2.45, 2.75) is 53.8 Å². The van der Waals surface area contributed by atoms with Gasteiger partial charge >= 0.3 is 0 Å². The predicted molar refractivity (Wildman–Crippen MR) is 124 cm³/mol. The van der Waals surface area contributed by atoms with Gasteiger partial charge in [-0.1, -0.05) is 13.0 Å². The maximum absolute atomic E-state index is 13.4. The van der Waals surface area contributed by atoms with Crippen molar-refractivity contribution in [1.82, 2.24) is 24.7 Å². The lowest BCUT2D eigenvalue weighted by atomic mass is 10.1. The summed E-state index contributed by atoms with van der Waals surface area (Å²) in [6.07, 6.45) is 0.967. The molecule has 0 aromatic carbocycles. The van der Waals surface area contributed by atoms with Crippen molar-refractivity contribution in [3.05, 3.63) is 46.9 Å². The van der Waals surface area contributed by atoms with E-state index in [1.165, 1.54) is 0 Å². The van der Waals surface area contributed by atoms with Crippen LogP contribution in [0.15, 0.2) is 24.3 Å². The van der Waals surface area contributed by atoms with E-state index in [1.54, 1.807) is 4.90 Å². The number of nitrogens with zero attached hydrogens (tertiary/aromatic N) is 7. The standard InChI is InChI=1S/C23H30N8O/c1-5-11-30-15(4)27-28-22(30)18-9-8-10-20(25-18)31-14-17-16(23(31)32)12-21(26-19(17)13-24)29(6-2)7-3/h8-10,12H,5-7,11,13-14,24H2,1-4H3.